The van der Waals surface area contributed by atoms with Crippen LogP contribution in [-0.4, -0.2) is 26.0 Å². The van der Waals surface area contributed by atoms with Crippen LogP contribution in [0.3, 0.4) is 0 Å². The van der Waals surface area contributed by atoms with Crippen molar-refractivity contribution in [1.82, 2.24) is 19.7 Å². The standard InChI is InChI=1S/C20H15N5/c1-13-4-2-7-20(23-13)25-19-10-14(8-9-15(19)11-22-25)16-5-3-6-17(24-16)18-12-21-18/h2-12,18H,1H3. The fraction of sp³-hybridized carbons (Fsp3) is 0.100. The van der Waals surface area contributed by atoms with E-state index in [0.717, 1.165) is 39.4 Å². The number of nitrogens with zero attached hydrogens (tertiary/aromatic N) is 5. The fourth-order valence-corrected chi connectivity index (χ4v) is 2.98. The second-order valence-corrected chi connectivity index (χ2v) is 6.16. The first kappa shape index (κ1) is 14.0. The molecule has 25 heavy (non-hydrogen) atoms. The largest absolute Gasteiger partial charge is 0.279 e. The molecule has 0 aliphatic carbocycles. The van der Waals surface area contributed by atoms with Gasteiger partial charge in [-0.15, -0.1) is 0 Å². The predicted molar refractivity (Wildman–Crippen MR) is 98.1 cm³/mol. The Labute approximate surface area is 144 Å². The van der Waals surface area contributed by atoms with Gasteiger partial charge < -0.3 is 0 Å². The average Bonchev–Trinajstić information content (AvgIpc) is 3.41. The number of pyridine rings is 2. The van der Waals surface area contributed by atoms with E-state index in [1.807, 2.05) is 60.4 Å². The van der Waals surface area contributed by atoms with Crippen molar-refractivity contribution in [1.29, 1.82) is 0 Å². The number of rotatable bonds is 3. The van der Waals surface area contributed by atoms with Crippen molar-refractivity contribution in [3.8, 4) is 17.1 Å². The maximum Gasteiger partial charge on any atom is 0.154 e. The van der Waals surface area contributed by atoms with Gasteiger partial charge in [0.1, 0.15) is 6.04 Å². The van der Waals surface area contributed by atoms with Gasteiger partial charge in [-0.25, -0.2) is 9.67 Å². The Balaban J connectivity index is 1.63. The highest BCUT2D eigenvalue weighted by atomic mass is 15.3. The van der Waals surface area contributed by atoms with Crippen LogP contribution < -0.4 is 0 Å². The van der Waals surface area contributed by atoms with Gasteiger partial charge in [0.25, 0.3) is 0 Å². The van der Waals surface area contributed by atoms with Gasteiger partial charge >= 0.3 is 0 Å². The predicted octanol–water partition coefficient (Wildman–Crippen LogP) is 3.92. The van der Waals surface area contributed by atoms with E-state index in [1.165, 1.54) is 0 Å². The zero-order chi connectivity index (χ0) is 16.8. The van der Waals surface area contributed by atoms with Crippen LogP contribution in [-0.2, 0) is 0 Å². The Hall–Kier alpha value is -3.34. The topological polar surface area (TPSA) is 56.0 Å². The Morgan fingerprint density at radius 3 is 2.68 bits per heavy atom. The van der Waals surface area contributed by atoms with E-state index in [0.29, 0.717) is 0 Å². The van der Waals surface area contributed by atoms with E-state index in [9.17, 15) is 0 Å². The molecule has 0 saturated heterocycles. The number of benzene rings is 1. The Kier molecular flexibility index (Phi) is 3.00. The summed E-state index contributed by atoms with van der Waals surface area (Å²) in [7, 11) is 0. The summed E-state index contributed by atoms with van der Waals surface area (Å²) in [6, 6.07) is 18.4. The van der Waals surface area contributed by atoms with E-state index in [4.69, 9.17) is 4.98 Å². The lowest BCUT2D eigenvalue weighted by atomic mass is 10.1. The maximum atomic E-state index is 4.74. The van der Waals surface area contributed by atoms with Gasteiger partial charge in [0.2, 0.25) is 0 Å². The third kappa shape index (κ3) is 2.50. The van der Waals surface area contributed by atoms with E-state index >= 15 is 0 Å². The van der Waals surface area contributed by atoms with Crippen molar-refractivity contribution in [2.75, 3.05) is 0 Å². The monoisotopic (exact) mass is 325 g/mol. The van der Waals surface area contributed by atoms with E-state index in [-0.39, 0.29) is 6.04 Å². The van der Waals surface area contributed by atoms with Crippen molar-refractivity contribution < 1.29 is 0 Å². The fourth-order valence-electron chi connectivity index (χ4n) is 2.98. The van der Waals surface area contributed by atoms with Crippen molar-refractivity contribution in [3.05, 3.63) is 72.2 Å². The molecule has 0 spiro atoms. The molecule has 0 saturated carbocycles. The molecule has 0 N–H and O–H groups in total. The van der Waals surface area contributed by atoms with E-state index in [1.54, 1.807) is 0 Å². The third-order valence-corrected chi connectivity index (χ3v) is 4.33. The molecule has 0 amide bonds. The summed E-state index contributed by atoms with van der Waals surface area (Å²) in [4.78, 5) is 13.5. The first-order valence-corrected chi connectivity index (χ1v) is 8.20. The average molecular weight is 325 g/mol. The minimum Gasteiger partial charge on any atom is -0.279 e. The van der Waals surface area contributed by atoms with Gasteiger partial charge in [-0.05, 0) is 37.3 Å². The van der Waals surface area contributed by atoms with Gasteiger partial charge in [0, 0.05) is 22.9 Å². The zero-order valence-electron chi connectivity index (χ0n) is 13.7. The molecule has 1 aliphatic heterocycles. The lowest BCUT2D eigenvalue weighted by Gasteiger charge is -2.06. The first-order valence-electron chi connectivity index (χ1n) is 8.20. The molecule has 1 aliphatic rings. The van der Waals surface area contributed by atoms with Gasteiger partial charge in [0.05, 0.1) is 23.1 Å². The van der Waals surface area contributed by atoms with Crippen LogP contribution in [0.2, 0.25) is 0 Å². The number of aromatic nitrogens is 4. The maximum absolute atomic E-state index is 4.74. The summed E-state index contributed by atoms with van der Waals surface area (Å²) in [5.41, 5.74) is 4.98. The summed E-state index contributed by atoms with van der Waals surface area (Å²) in [5.74, 6) is 0.820. The van der Waals surface area contributed by atoms with Gasteiger partial charge in [-0.1, -0.05) is 24.3 Å². The zero-order valence-corrected chi connectivity index (χ0v) is 13.7. The number of hydrogen-bond acceptors (Lipinski definition) is 4. The molecule has 0 radical (unpaired) electrons. The molecule has 0 fully saturated rings. The summed E-state index contributed by atoms with van der Waals surface area (Å²) in [6.07, 6.45) is 3.78. The number of hydrogen-bond donors (Lipinski definition) is 0. The summed E-state index contributed by atoms with van der Waals surface area (Å²) >= 11 is 0. The molecule has 0 bridgehead atoms. The van der Waals surface area contributed by atoms with Crippen molar-refractivity contribution in [2.45, 2.75) is 13.0 Å². The summed E-state index contributed by atoms with van der Waals surface area (Å²) in [6.45, 7) is 1.98. The van der Waals surface area contributed by atoms with Crippen LogP contribution >= 0.6 is 0 Å². The number of fused-ring (bicyclic) bond motifs is 1. The third-order valence-electron chi connectivity index (χ3n) is 4.33. The second kappa shape index (κ2) is 5.34. The number of aryl methyl sites for hydroxylation is 1. The molecule has 5 rings (SSSR count). The van der Waals surface area contributed by atoms with Crippen LogP contribution in [0.15, 0.2) is 65.8 Å². The van der Waals surface area contributed by atoms with E-state index in [2.05, 4.69) is 33.3 Å². The minimum absolute atomic E-state index is 0.158. The number of aliphatic imine (C=N–C) groups is 1. The molecular formula is C20H15N5. The molecule has 1 aromatic carbocycles. The normalized spacial score (nSPS) is 15.6. The molecule has 5 heteroatoms. The first-order chi connectivity index (χ1) is 12.3. The highest BCUT2D eigenvalue weighted by Crippen LogP contribution is 2.28. The highest BCUT2D eigenvalue weighted by Gasteiger charge is 2.18. The molecule has 120 valence electrons. The summed E-state index contributed by atoms with van der Waals surface area (Å²) in [5, 5.41) is 5.59. The highest BCUT2D eigenvalue weighted by molar-refractivity contribution is 5.85. The van der Waals surface area contributed by atoms with Gasteiger partial charge in [-0.2, -0.15) is 5.10 Å². The molecular weight excluding hydrogens is 310 g/mol. The van der Waals surface area contributed by atoms with E-state index < -0.39 is 0 Å². The van der Waals surface area contributed by atoms with Crippen molar-refractivity contribution in [3.63, 3.8) is 0 Å². The Morgan fingerprint density at radius 2 is 1.84 bits per heavy atom. The van der Waals surface area contributed by atoms with Gasteiger partial charge in [-0.3, -0.25) is 9.98 Å². The van der Waals surface area contributed by atoms with Crippen LogP contribution in [0.25, 0.3) is 28.0 Å². The van der Waals surface area contributed by atoms with Crippen molar-refractivity contribution in [2.24, 2.45) is 4.99 Å². The van der Waals surface area contributed by atoms with Crippen LogP contribution in [0.4, 0.5) is 0 Å². The quantitative estimate of drug-likeness (QED) is 0.574. The smallest absolute Gasteiger partial charge is 0.154 e. The SMILES string of the molecule is Cc1cccc(-n2ncc3ccc(-c4cccc(C5C=N5)n4)cc32)n1. The Morgan fingerprint density at radius 1 is 0.960 bits per heavy atom. The molecule has 1 unspecified atom stereocenters. The van der Waals surface area contributed by atoms with Crippen LogP contribution in [0, 0.1) is 6.92 Å². The summed E-state index contributed by atoms with van der Waals surface area (Å²) < 4.78 is 1.87. The molecule has 5 nitrogen and oxygen atoms in total. The van der Waals surface area contributed by atoms with Crippen LogP contribution in [0.1, 0.15) is 17.4 Å². The molecule has 1 atom stereocenters. The lowest BCUT2D eigenvalue weighted by molar-refractivity contribution is 0.867. The molecule has 4 heterocycles. The van der Waals surface area contributed by atoms with Crippen molar-refractivity contribution >= 4 is 17.1 Å². The van der Waals surface area contributed by atoms with Gasteiger partial charge in [0.15, 0.2) is 5.82 Å². The lowest BCUT2D eigenvalue weighted by Crippen LogP contribution is -2.00. The Bertz CT molecular complexity index is 1120. The molecule has 4 aromatic rings. The molecule has 3 aromatic heterocycles. The second-order valence-electron chi connectivity index (χ2n) is 6.16. The minimum atomic E-state index is 0.158. The van der Waals surface area contributed by atoms with Crippen LogP contribution in [0.5, 0.6) is 0 Å².